The zero-order valence-corrected chi connectivity index (χ0v) is 15.1. The summed E-state index contributed by atoms with van der Waals surface area (Å²) >= 11 is 0. The first kappa shape index (κ1) is 17.4. The van der Waals surface area contributed by atoms with Crippen LogP contribution in [0.4, 0.5) is 0 Å². The van der Waals surface area contributed by atoms with Crippen molar-refractivity contribution in [2.45, 2.75) is 30.8 Å². The number of carbonyl (C=O) groups is 1. The maximum atomic E-state index is 12.4. The second-order valence-electron chi connectivity index (χ2n) is 6.72. The molecule has 1 aromatic carbocycles. The molecule has 0 amide bonds. The van der Waals surface area contributed by atoms with Crippen LogP contribution in [0.5, 0.6) is 0 Å². The maximum absolute atomic E-state index is 12.4. The number of hydrogen-bond acceptors (Lipinski definition) is 5. The van der Waals surface area contributed by atoms with E-state index in [2.05, 4.69) is 4.98 Å². The molecule has 0 saturated carbocycles. The van der Waals surface area contributed by atoms with Crippen LogP contribution >= 0.6 is 0 Å². The van der Waals surface area contributed by atoms with Gasteiger partial charge in [0.05, 0.1) is 4.90 Å². The molecular formula is C19H19NO4S. The van der Waals surface area contributed by atoms with Gasteiger partial charge in [-0.3, -0.25) is 4.98 Å². The van der Waals surface area contributed by atoms with Crippen molar-refractivity contribution in [3.8, 4) is 0 Å². The number of carbonyl (C=O) groups excluding carboxylic acids is 1. The van der Waals surface area contributed by atoms with Crippen molar-refractivity contribution in [3.05, 3.63) is 65.5 Å². The molecule has 0 radical (unpaired) electrons. The topological polar surface area (TPSA) is 73.3 Å². The summed E-state index contributed by atoms with van der Waals surface area (Å²) in [6.07, 6.45) is 4.99. The molecule has 25 heavy (non-hydrogen) atoms. The zero-order chi connectivity index (χ0) is 18.2. The summed E-state index contributed by atoms with van der Waals surface area (Å²) in [4.78, 5) is 16.8. The summed E-state index contributed by atoms with van der Waals surface area (Å²) in [5.41, 5.74) is 2.28. The van der Waals surface area contributed by atoms with Crippen LogP contribution in [0.2, 0.25) is 0 Å². The van der Waals surface area contributed by atoms with E-state index in [1.807, 2.05) is 19.9 Å². The summed E-state index contributed by atoms with van der Waals surface area (Å²) in [6.45, 7) is 3.73. The van der Waals surface area contributed by atoms with Crippen molar-refractivity contribution < 1.29 is 17.9 Å². The predicted molar refractivity (Wildman–Crippen MR) is 94.6 cm³/mol. The summed E-state index contributed by atoms with van der Waals surface area (Å²) in [5.74, 6) is -0.351. The van der Waals surface area contributed by atoms with E-state index in [1.54, 1.807) is 42.7 Å². The van der Waals surface area contributed by atoms with E-state index in [9.17, 15) is 13.2 Å². The standard InChI is InChI=1S/C19H19NO4S/c1-19(2)11-16(18(21)24-19)17(14-5-4-10-20-12-14)13-6-8-15(9-7-13)25(3,22)23/h4-10,12H,11H2,1-3H3. The number of ether oxygens (including phenoxy) is 1. The van der Waals surface area contributed by atoms with Crippen LogP contribution in [0, 0.1) is 0 Å². The number of rotatable bonds is 3. The lowest BCUT2D eigenvalue weighted by Crippen LogP contribution is -2.17. The lowest BCUT2D eigenvalue weighted by molar-refractivity contribution is -0.143. The third-order valence-corrected chi connectivity index (χ3v) is 5.17. The van der Waals surface area contributed by atoms with Gasteiger partial charge in [0, 0.05) is 41.8 Å². The minimum atomic E-state index is -3.28. The number of nitrogens with zero attached hydrogens (tertiary/aromatic N) is 1. The van der Waals surface area contributed by atoms with E-state index < -0.39 is 15.4 Å². The third kappa shape index (κ3) is 3.64. The number of hydrogen-bond donors (Lipinski definition) is 0. The molecule has 5 nitrogen and oxygen atoms in total. The molecule has 0 bridgehead atoms. The number of pyridine rings is 1. The SMILES string of the molecule is CC1(C)CC(=C(c2ccc(S(C)(=O)=O)cc2)c2cccnc2)C(=O)O1. The molecule has 1 aliphatic heterocycles. The van der Waals surface area contributed by atoms with Gasteiger partial charge in [0.2, 0.25) is 0 Å². The Morgan fingerprint density at radius 2 is 1.80 bits per heavy atom. The first-order valence-corrected chi connectivity index (χ1v) is 9.74. The minimum absolute atomic E-state index is 0.237. The molecule has 2 heterocycles. The highest BCUT2D eigenvalue weighted by atomic mass is 32.2. The predicted octanol–water partition coefficient (Wildman–Crippen LogP) is 3.01. The van der Waals surface area contributed by atoms with Gasteiger partial charge in [0.25, 0.3) is 0 Å². The molecule has 6 heteroatoms. The molecule has 130 valence electrons. The fourth-order valence-corrected chi connectivity index (χ4v) is 3.56. The molecule has 0 aliphatic carbocycles. The Morgan fingerprint density at radius 3 is 2.28 bits per heavy atom. The van der Waals surface area contributed by atoms with Crippen LogP contribution in [-0.4, -0.2) is 31.2 Å². The fraction of sp³-hybridized carbons (Fsp3) is 0.263. The van der Waals surface area contributed by atoms with Crippen LogP contribution < -0.4 is 0 Å². The Kier molecular flexibility index (Phi) is 4.24. The van der Waals surface area contributed by atoms with Crippen LogP contribution in [0.3, 0.4) is 0 Å². The Hall–Kier alpha value is -2.47. The minimum Gasteiger partial charge on any atom is -0.456 e. The normalized spacial score (nSPS) is 18.8. The summed E-state index contributed by atoms with van der Waals surface area (Å²) in [7, 11) is -3.28. The Bertz CT molecular complexity index is 943. The van der Waals surface area contributed by atoms with Gasteiger partial charge in [-0.25, -0.2) is 13.2 Å². The van der Waals surface area contributed by atoms with Gasteiger partial charge >= 0.3 is 5.97 Å². The van der Waals surface area contributed by atoms with Gasteiger partial charge in [-0.2, -0.15) is 0 Å². The second-order valence-corrected chi connectivity index (χ2v) is 8.73. The van der Waals surface area contributed by atoms with E-state index in [4.69, 9.17) is 4.74 Å². The van der Waals surface area contributed by atoms with E-state index in [1.165, 1.54) is 6.26 Å². The number of sulfone groups is 1. The lowest BCUT2D eigenvalue weighted by Gasteiger charge is -2.14. The fourth-order valence-electron chi connectivity index (χ4n) is 2.93. The monoisotopic (exact) mass is 357 g/mol. The molecule has 1 aromatic heterocycles. The van der Waals surface area contributed by atoms with Gasteiger partial charge in [0.15, 0.2) is 9.84 Å². The van der Waals surface area contributed by atoms with Gasteiger partial charge in [-0.05, 0) is 37.6 Å². The van der Waals surface area contributed by atoms with Crippen molar-refractivity contribution in [3.63, 3.8) is 0 Å². The molecule has 0 N–H and O–H groups in total. The van der Waals surface area contributed by atoms with E-state index in [0.29, 0.717) is 12.0 Å². The lowest BCUT2D eigenvalue weighted by atomic mass is 9.90. The first-order chi connectivity index (χ1) is 11.7. The van der Waals surface area contributed by atoms with Gasteiger partial charge in [-0.15, -0.1) is 0 Å². The number of esters is 1. The van der Waals surface area contributed by atoms with E-state index >= 15 is 0 Å². The third-order valence-electron chi connectivity index (χ3n) is 4.04. The smallest absolute Gasteiger partial charge is 0.335 e. The Labute approximate surface area is 147 Å². The van der Waals surface area contributed by atoms with Gasteiger partial charge in [0.1, 0.15) is 5.60 Å². The maximum Gasteiger partial charge on any atom is 0.335 e. The van der Waals surface area contributed by atoms with Crippen molar-refractivity contribution in [2.24, 2.45) is 0 Å². The molecule has 1 fully saturated rings. The van der Waals surface area contributed by atoms with Crippen molar-refractivity contribution in [2.75, 3.05) is 6.26 Å². The average Bonchev–Trinajstić information content (AvgIpc) is 2.81. The van der Waals surface area contributed by atoms with E-state index in [-0.39, 0.29) is 10.9 Å². The zero-order valence-electron chi connectivity index (χ0n) is 14.3. The quantitative estimate of drug-likeness (QED) is 0.624. The summed E-state index contributed by atoms with van der Waals surface area (Å²) in [6, 6.07) is 10.2. The molecule has 0 spiro atoms. The molecular weight excluding hydrogens is 338 g/mol. The molecule has 1 saturated heterocycles. The molecule has 2 aromatic rings. The Morgan fingerprint density at radius 1 is 1.12 bits per heavy atom. The highest BCUT2D eigenvalue weighted by molar-refractivity contribution is 7.90. The molecule has 0 atom stereocenters. The second kappa shape index (κ2) is 6.11. The van der Waals surface area contributed by atoms with Crippen molar-refractivity contribution >= 4 is 21.4 Å². The molecule has 0 unspecified atom stereocenters. The number of aromatic nitrogens is 1. The highest BCUT2D eigenvalue weighted by Gasteiger charge is 2.37. The van der Waals surface area contributed by atoms with Crippen LogP contribution in [0.1, 0.15) is 31.4 Å². The first-order valence-electron chi connectivity index (χ1n) is 7.85. The highest BCUT2D eigenvalue weighted by Crippen LogP contribution is 2.38. The molecule has 1 aliphatic rings. The van der Waals surface area contributed by atoms with Crippen LogP contribution in [0.15, 0.2) is 59.3 Å². The molecule has 3 rings (SSSR count). The van der Waals surface area contributed by atoms with Crippen molar-refractivity contribution in [1.29, 1.82) is 0 Å². The van der Waals surface area contributed by atoms with Gasteiger partial charge in [-0.1, -0.05) is 18.2 Å². The van der Waals surface area contributed by atoms with Crippen LogP contribution in [-0.2, 0) is 19.4 Å². The van der Waals surface area contributed by atoms with Gasteiger partial charge < -0.3 is 4.74 Å². The Balaban J connectivity index is 2.19. The summed E-state index contributed by atoms with van der Waals surface area (Å²) < 4.78 is 28.8. The number of cyclic esters (lactones) is 1. The largest absolute Gasteiger partial charge is 0.456 e. The van der Waals surface area contributed by atoms with Crippen LogP contribution in [0.25, 0.3) is 5.57 Å². The van der Waals surface area contributed by atoms with Crippen molar-refractivity contribution in [1.82, 2.24) is 4.98 Å². The summed E-state index contributed by atoms with van der Waals surface area (Å²) in [5, 5.41) is 0. The number of benzene rings is 1. The average molecular weight is 357 g/mol. The van der Waals surface area contributed by atoms with E-state index in [0.717, 1.165) is 16.7 Å².